The molecule has 0 amide bonds. The largest absolute Gasteiger partial charge is 0.370 e. The Balaban J connectivity index is 1.96. The Hall–Kier alpha value is -2.60. The Kier molecular flexibility index (Phi) is 5.95. The quantitative estimate of drug-likeness (QED) is 0.259. The van der Waals surface area contributed by atoms with Crippen molar-refractivity contribution in [2.24, 2.45) is 5.11 Å². The van der Waals surface area contributed by atoms with Crippen molar-refractivity contribution in [1.29, 1.82) is 0 Å². The van der Waals surface area contributed by atoms with E-state index in [2.05, 4.69) is 44.3 Å². The van der Waals surface area contributed by atoms with Crippen molar-refractivity contribution in [3.05, 3.63) is 56.9 Å². The molecule has 1 aliphatic rings. The Morgan fingerprint density at radius 1 is 1.23 bits per heavy atom. The summed E-state index contributed by atoms with van der Waals surface area (Å²) in [6.07, 6.45) is 0.696. The molecule has 0 bridgehead atoms. The highest BCUT2D eigenvalue weighted by Crippen LogP contribution is 2.39. The van der Waals surface area contributed by atoms with Gasteiger partial charge in [-0.05, 0) is 56.1 Å². The van der Waals surface area contributed by atoms with Crippen molar-refractivity contribution < 1.29 is 0 Å². The summed E-state index contributed by atoms with van der Waals surface area (Å²) in [7, 11) is 0. The van der Waals surface area contributed by atoms with Crippen molar-refractivity contribution in [3.63, 3.8) is 0 Å². The summed E-state index contributed by atoms with van der Waals surface area (Å²) in [5.74, 6) is 0.796. The maximum Gasteiger partial charge on any atom is 0.211 e. The summed E-state index contributed by atoms with van der Waals surface area (Å²) in [6, 6.07) is 11.5. The SMILES string of the molecule is CCN(CC)c1cccc2nc3n(c12)CC(N=[N+]=[N-])CCN3c1ccc(Cl)cc1Cl. The van der Waals surface area contributed by atoms with E-state index in [9.17, 15) is 0 Å². The lowest BCUT2D eigenvalue weighted by Gasteiger charge is -2.24. The number of nitrogens with zero attached hydrogens (tertiary/aromatic N) is 7. The smallest absolute Gasteiger partial charge is 0.211 e. The number of rotatable bonds is 5. The fourth-order valence-corrected chi connectivity index (χ4v) is 4.64. The van der Waals surface area contributed by atoms with E-state index in [-0.39, 0.29) is 6.04 Å². The number of para-hydroxylation sites is 1. The lowest BCUT2D eigenvalue weighted by atomic mass is 10.2. The van der Waals surface area contributed by atoms with Crippen LogP contribution >= 0.6 is 23.2 Å². The summed E-state index contributed by atoms with van der Waals surface area (Å²) < 4.78 is 2.17. The highest BCUT2D eigenvalue weighted by molar-refractivity contribution is 6.36. The molecule has 3 aromatic rings. The first-order chi connectivity index (χ1) is 14.6. The van der Waals surface area contributed by atoms with E-state index in [4.69, 9.17) is 33.7 Å². The lowest BCUT2D eigenvalue weighted by molar-refractivity contribution is 0.559. The first kappa shape index (κ1) is 20.7. The predicted octanol–water partition coefficient (Wildman–Crippen LogP) is 6.41. The number of benzene rings is 2. The van der Waals surface area contributed by atoms with Gasteiger partial charge in [0.25, 0.3) is 0 Å². The summed E-state index contributed by atoms with van der Waals surface area (Å²) in [5, 5.41) is 5.19. The van der Waals surface area contributed by atoms with Crippen LogP contribution in [0.5, 0.6) is 0 Å². The topological polar surface area (TPSA) is 73.1 Å². The number of hydrogen-bond acceptors (Lipinski definition) is 4. The third kappa shape index (κ3) is 3.65. The van der Waals surface area contributed by atoms with E-state index >= 15 is 0 Å². The van der Waals surface area contributed by atoms with E-state index in [0.717, 1.165) is 41.4 Å². The van der Waals surface area contributed by atoms with Crippen molar-refractivity contribution in [1.82, 2.24) is 9.55 Å². The molecule has 9 heteroatoms. The predicted molar refractivity (Wildman–Crippen MR) is 124 cm³/mol. The molecule has 0 aliphatic carbocycles. The van der Waals surface area contributed by atoms with Gasteiger partial charge in [-0.2, -0.15) is 0 Å². The van der Waals surface area contributed by atoms with Gasteiger partial charge < -0.3 is 14.4 Å². The lowest BCUT2D eigenvalue weighted by Crippen LogP contribution is -2.23. The van der Waals surface area contributed by atoms with Crippen LogP contribution in [0.1, 0.15) is 20.3 Å². The molecule has 4 rings (SSSR count). The molecule has 0 radical (unpaired) electrons. The molecule has 7 nitrogen and oxygen atoms in total. The number of halogens is 2. The zero-order valence-electron chi connectivity index (χ0n) is 17.0. The molecule has 0 spiro atoms. The van der Waals surface area contributed by atoms with Crippen LogP contribution in [0.2, 0.25) is 10.0 Å². The first-order valence-electron chi connectivity index (χ1n) is 10.1. The minimum Gasteiger partial charge on any atom is -0.370 e. The molecule has 0 saturated carbocycles. The van der Waals surface area contributed by atoms with Crippen LogP contribution in [-0.4, -0.2) is 35.2 Å². The van der Waals surface area contributed by atoms with E-state index in [0.29, 0.717) is 29.6 Å². The van der Waals surface area contributed by atoms with Crippen molar-refractivity contribution in [2.75, 3.05) is 29.4 Å². The Morgan fingerprint density at radius 2 is 2.03 bits per heavy atom. The number of fused-ring (bicyclic) bond motifs is 3. The summed E-state index contributed by atoms with van der Waals surface area (Å²) in [5.41, 5.74) is 13.0. The number of azide groups is 1. The monoisotopic (exact) mass is 443 g/mol. The fourth-order valence-electron chi connectivity index (χ4n) is 4.13. The maximum atomic E-state index is 9.07. The van der Waals surface area contributed by atoms with Gasteiger partial charge >= 0.3 is 0 Å². The van der Waals surface area contributed by atoms with Gasteiger partial charge in [0.15, 0.2) is 0 Å². The summed E-state index contributed by atoms with van der Waals surface area (Å²) in [4.78, 5) is 12.5. The van der Waals surface area contributed by atoms with Crippen LogP contribution in [-0.2, 0) is 6.54 Å². The zero-order valence-corrected chi connectivity index (χ0v) is 18.5. The van der Waals surface area contributed by atoms with E-state index < -0.39 is 0 Å². The van der Waals surface area contributed by atoms with Crippen LogP contribution < -0.4 is 9.80 Å². The molecule has 1 aliphatic heterocycles. The third-order valence-electron chi connectivity index (χ3n) is 5.57. The van der Waals surface area contributed by atoms with Gasteiger partial charge in [0, 0.05) is 36.1 Å². The second-order valence-electron chi connectivity index (χ2n) is 7.23. The van der Waals surface area contributed by atoms with E-state index in [1.54, 1.807) is 6.07 Å². The van der Waals surface area contributed by atoms with Crippen LogP contribution in [0.3, 0.4) is 0 Å². The molecule has 30 heavy (non-hydrogen) atoms. The van der Waals surface area contributed by atoms with Crippen LogP contribution in [0, 0.1) is 0 Å². The van der Waals surface area contributed by atoms with E-state index in [1.165, 1.54) is 0 Å². The second-order valence-corrected chi connectivity index (χ2v) is 8.08. The van der Waals surface area contributed by atoms with Gasteiger partial charge in [-0.1, -0.05) is 34.4 Å². The molecule has 0 fully saturated rings. The first-order valence-corrected chi connectivity index (χ1v) is 10.8. The van der Waals surface area contributed by atoms with Gasteiger partial charge in [0.1, 0.15) is 0 Å². The molecule has 1 unspecified atom stereocenters. The van der Waals surface area contributed by atoms with E-state index in [1.807, 2.05) is 24.3 Å². The zero-order chi connectivity index (χ0) is 21.3. The molecular formula is C21H23Cl2N7. The number of anilines is 3. The normalized spacial score (nSPS) is 16.1. The molecule has 0 saturated heterocycles. The minimum absolute atomic E-state index is 0.174. The maximum absolute atomic E-state index is 9.07. The Bertz CT molecular complexity index is 1120. The van der Waals surface area contributed by atoms with Gasteiger partial charge in [-0.15, -0.1) is 0 Å². The molecule has 2 aromatic carbocycles. The third-order valence-corrected chi connectivity index (χ3v) is 6.10. The molecule has 0 N–H and O–H groups in total. The van der Waals surface area contributed by atoms with Gasteiger partial charge in [-0.3, -0.25) is 0 Å². The average molecular weight is 444 g/mol. The number of hydrogen-bond donors (Lipinski definition) is 0. The van der Waals surface area contributed by atoms with Crippen LogP contribution in [0.4, 0.5) is 17.3 Å². The highest BCUT2D eigenvalue weighted by Gasteiger charge is 2.28. The summed E-state index contributed by atoms with van der Waals surface area (Å²) in [6.45, 7) is 7.27. The van der Waals surface area contributed by atoms with Crippen LogP contribution in [0.15, 0.2) is 41.5 Å². The van der Waals surface area contributed by atoms with Crippen molar-refractivity contribution in [3.8, 4) is 0 Å². The molecule has 1 atom stereocenters. The van der Waals surface area contributed by atoms with Gasteiger partial charge in [-0.25, -0.2) is 4.98 Å². The van der Waals surface area contributed by atoms with Crippen molar-refractivity contribution in [2.45, 2.75) is 32.9 Å². The number of aromatic nitrogens is 2. The highest BCUT2D eigenvalue weighted by atomic mass is 35.5. The Labute approximate surface area is 185 Å². The standard InChI is InChI=1S/C21H23Cl2N7/c1-3-28(4-2)19-7-5-6-17-20(19)30-13-15(26-27-24)10-11-29(21(30)25-17)18-9-8-14(22)12-16(18)23/h5-9,12,15H,3-4,10-11,13H2,1-2H3. The minimum atomic E-state index is -0.174. The molecule has 156 valence electrons. The number of imidazole rings is 1. The fraction of sp³-hybridized carbons (Fsp3) is 0.381. The van der Waals surface area contributed by atoms with Gasteiger partial charge in [0.05, 0.1) is 33.5 Å². The van der Waals surface area contributed by atoms with Crippen molar-refractivity contribution >= 4 is 51.6 Å². The van der Waals surface area contributed by atoms with Gasteiger partial charge in [0.2, 0.25) is 5.95 Å². The second kappa shape index (κ2) is 8.64. The molecule has 2 heterocycles. The molecular weight excluding hydrogens is 421 g/mol. The summed E-state index contributed by atoms with van der Waals surface area (Å²) >= 11 is 12.7. The van der Waals surface area contributed by atoms with Crippen LogP contribution in [0.25, 0.3) is 21.5 Å². The molecule has 1 aromatic heterocycles. The average Bonchev–Trinajstić information content (AvgIpc) is 3.00. The Morgan fingerprint density at radius 3 is 2.73 bits per heavy atom.